The normalized spacial score (nSPS) is 19.8. The quantitative estimate of drug-likeness (QED) is 0.284. The maximum absolute atomic E-state index is 13.6. The summed E-state index contributed by atoms with van der Waals surface area (Å²) in [7, 11) is 3.72. The molecule has 0 saturated carbocycles. The number of carbonyl (C=O) groups is 2. The number of pyridine rings is 1. The van der Waals surface area contributed by atoms with E-state index < -0.39 is 17.7 Å². The lowest BCUT2D eigenvalue weighted by molar-refractivity contribution is -0.132. The maximum atomic E-state index is 13.6. The Morgan fingerprint density at radius 1 is 0.925 bits per heavy atom. The van der Waals surface area contributed by atoms with Crippen LogP contribution in [-0.2, 0) is 15.0 Å². The first-order valence-electron chi connectivity index (χ1n) is 13.5. The molecule has 3 aromatic rings. The third-order valence-electron chi connectivity index (χ3n) is 7.74. The van der Waals surface area contributed by atoms with Gasteiger partial charge in [-0.05, 0) is 72.6 Å². The van der Waals surface area contributed by atoms with E-state index >= 15 is 0 Å². The van der Waals surface area contributed by atoms with Gasteiger partial charge in [-0.1, -0.05) is 20.8 Å². The van der Waals surface area contributed by atoms with Gasteiger partial charge < -0.3 is 19.6 Å². The molecule has 2 aliphatic heterocycles. The smallest absolute Gasteiger partial charge is 0.300 e. The van der Waals surface area contributed by atoms with E-state index in [4.69, 9.17) is 4.74 Å². The number of rotatable bonds is 5. The van der Waals surface area contributed by atoms with Gasteiger partial charge in [0.05, 0.1) is 18.7 Å². The van der Waals surface area contributed by atoms with E-state index in [1.165, 1.54) is 4.90 Å². The molecule has 2 aliphatic rings. The molecule has 0 radical (unpaired) electrons. The molecule has 0 spiro atoms. The number of ether oxygens (including phenoxy) is 1. The van der Waals surface area contributed by atoms with E-state index in [-0.39, 0.29) is 16.7 Å². The fraction of sp³-hybridized carbons (Fsp3) is 0.344. The van der Waals surface area contributed by atoms with Crippen molar-refractivity contribution in [2.24, 2.45) is 0 Å². The molecule has 0 aliphatic carbocycles. The minimum atomic E-state index is -0.808. The zero-order valence-corrected chi connectivity index (χ0v) is 23.7. The van der Waals surface area contributed by atoms with Crippen LogP contribution in [0.2, 0.25) is 0 Å². The Morgan fingerprint density at radius 2 is 1.55 bits per heavy atom. The first-order valence-corrected chi connectivity index (χ1v) is 13.5. The Hall–Kier alpha value is -4.17. The molecule has 8 heteroatoms. The zero-order valence-electron chi connectivity index (χ0n) is 23.7. The van der Waals surface area contributed by atoms with Crippen LogP contribution in [-0.4, -0.2) is 67.0 Å². The van der Waals surface area contributed by atoms with Crippen molar-refractivity contribution in [3.8, 4) is 5.75 Å². The molecule has 1 N–H and O–H groups in total. The first-order chi connectivity index (χ1) is 19.1. The van der Waals surface area contributed by atoms with Crippen LogP contribution in [0.3, 0.4) is 0 Å². The molecule has 40 heavy (non-hydrogen) atoms. The van der Waals surface area contributed by atoms with Crippen molar-refractivity contribution in [1.82, 2.24) is 9.88 Å². The summed E-state index contributed by atoms with van der Waals surface area (Å²) in [6.07, 6.45) is 3.24. The van der Waals surface area contributed by atoms with Crippen molar-refractivity contribution < 1.29 is 19.4 Å². The van der Waals surface area contributed by atoms with Crippen LogP contribution in [0.1, 0.15) is 43.5 Å². The van der Waals surface area contributed by atoms with Gasteiger partial charge in [0.15, 0.2) is 0 Å². The SMILES string of the molecule is COc1ccc(/C(O)=C2/C(=O)C(=O)N(c3ccc(N4CCN(C)CC4)cc3)C2c2ccncc2)cc1C(C)(C)C. The number of methoxy groups -OCH3 is 1. The number of hydrogen-bond acceptors (Lipinski definition) is 7. The lowest BCUT2D eigenvalue weighted by Gasteiger charge is -2.34. The molecule has 8 nitrogen and oxygen atoms in total. The lowest BCUT2D eigenvalue weighted by Crippen LogP contribution is -2.44. The number of aromatic nitrogens is 1. The molecule has 1 aromatic heterocycles. The largest absolute Gasteiger partial charge is 0.507 e. The third-order valence-corrected chi connectivity index (χ3v) is 7.74. The zero-order chi connectivity index (χ0) is 28.6. The summed E-state index contributed by atoms with van der Waals surface area (Å²) in [5, 5.41) is 11.6. The minimum Gasteiger partial charge on any atom is -0.507 e. The fourth-order valence-electron chi connectivity index (χ4n) is 5.45. The predicted molar refractivity (Wildman–Crippen MR) is 157 cm³/mol. The Bertz CT molecular complexity index is 1440. The molecule has 1 atom stereocenters. The summed E-state index contributed by atoms with van der Waals surface area (Å²) >= 11 is 0. The number of aliphatic hydroxyl groups is 1. The number of likely N-dealkylation sites (N-methyl/N-ethyl adjacent to an activating group) is 1. The van der Waals surface area contributed by atoms with E-state index in [2.05, 4.69) is 42.6 Å². The van der Waals surface area contributed by atoms with Crippen LogP contribution >= 0.6 is 0 Å². The van der Waals surface area contributed by atoms with Crippen molar-refractivity contribution in [3.05, 3.63) is 89.3 Å². The predicted octanol–water partition coefficient (Wildman–Crippen LogP) is 4.77. The van der Waals surface area contributed by atoms with Gasteiger partial charge in [0.2, 0.25) is 0 Å². The highest BCUT2D eigenvalue weighted by Crippen LogP contribution is 2.43. The van der Waals surface area contributed by atoms with Crippen molar-refractivity contribution in [3.63, 3.8) is 0 Å². The van der Waals surface area contributed by atoms with Crippen LogP contribution in [0, 0.1) is 0 Å². The number of amides is 1. The highest BCUT2D eigenvalue weighted by molar-refractivity contribution is 6.51. The van der Waals surface area contributed by atoms with E-state index in [9.17, 15) is 14.7 Å². The molecule has 2 fully saturated rings. The molecule has 208 valence electrons. The van der Waals surface area contributed by atoms with Crippen molar-refractivity contribution >= 4 is 28.8 Å². The average molecular weight is 541 g/mol. The van der Waals surface area contributed by atoms with Gasteiger partial charge in [-0.3, -0.25) is 19.5 Å². The van der Waals surface area contributed by atoms with Crippen LogP contribution in [0.5, 0.6) is 5.75 Å². The number of hydrogen-bond donors (Lipinski definition) is 1. The number of aliphatic hydroxyl groups excluding tert-OH is 1. The van der Waals surface area contributed by atoms with Gasteiger partial charge in [0, 0.05) is 61.1 Å². The first kappa shape index (κ1) is 27.4. The summed E-state index contributed by atoms with van der Waals surface area (Å²) < 4.78 is 5.55. The van der Waals surface area contributed by atoms with E-state index in [0.717, 1.165) is 37.4 Å². The van der Waals surface area contributed by atoms with Gasteiger partial charge in [-0.25, -0.2) is 0 Å². The molecule has 2 aromatic carbocycles. The highest BCUT2D eigenvalue weighted by atomic mass is 16.5. The standard InChI is InChI=1S/C32H36N4O4/c1-32(2,3)25-20-22(6-11-26(25)40-5)29(37)27-28(21-12-14-33-15-13-21)36(31(39)30(27)38)24-9-7-23(8-10-24)35-18-16-34(4)17-19-35/h6-15,20,28,37H,16-19H2,1-5H3/b29-27-. The van der Waals surface area contributed by atoms with Crippen molar-refractivity contribution in [1.29, 1.82) is 0 Å². The summed E-state index contributed by atoms with van der Waals surface area (Å²) in [5.74, 6) is -0.934. The van der Waals surface area contributed by atoms with Gasteiger partial charge >= 0.3 is 0 Å². The minimum absolute atomic E-state index is 0.0457. The van der Waals surface area contributed by atoms with Crippen molar-refractivity contribution in [2.75, 3.05) is 50.1 Å². The van der Waals surface area contributed by atoms with E-state index in [0.29, 0.717) is 22.6 Å². The van der Waals surface area contributed by atoms with Gasteiger partial charge in [0.1, 0.15) is 11.5 Å². The van der Waals surface area contributed by atoms with Crippen LogP contribution < -0.4 is 14.5 Å². The number of piperazine rings is 1. The fourth-order valence-corrected chi connectivity index (χ4v) is 5.45. The number of carbonyl (C=O) groups excluding carboxylic acids is 2. The summed E-state index contributed by atoms with van der Waals surface area (Å²) in [4.78, 5) is 37.3. The van der Waals surface area contributed by atoms with Crippen molar-refractivity contribution in [2.45, 2.75) is 32.2 Å². The average Bonchev–Trinajstić information content (AvgIpc) is 3.22. The van der Waals surface area contributed by atoms with Gasteiger partial charge in [0.25, 0.3) is 11.7 Å². The van der Waals surface area contributed by atoms with Crippen LogP contribution in [0.15, 0.2) is 72.6 Å². The topological polar surface area (TPSA) is 86.2 Å². The summed E-state index contributed by atoms with van der Waals surface area (Å²) in [5.41, 5.74) is 3.45. The summed E-state index contributed by atoms with van der Waals surface area (Å²) in [6.45, 7) is 9.98. The molecule has 5 rings (SSSR count). The molecule has 0 bridgehead atoms. The summed E-state index contributed by atoms with van der Waals surface area (Å²) in [6, 6.07) is 15.8. The number of nitrogens with zero attached hydrogens (tertiary/aromatic N) is 4. The number of benzene rings is 2. The Kier molecular flexibility index (Phi) is 7.38. The molecular weight excluding hydrogens is 504 g/mol. The highest BCUT2D eigenvalue weighted by Gasteiger charge is 2.47. The third kappa shape index (κ3) is 5.07. The Labute approximate surface area is 235 Å². The van der Waals surface area contributed by atoms with E-state index in [1.807, 2.05) is 30.3 Å². The second kappa shape index (κ2) is 10.8. The molecule has 2 saturated heterocycles. The number of Topliss-reactive ketones (excluding diaryl/α,β-unsaturated/α-hetero) is 1. The monoisotopic (exact) mass is 540 g/mol. The second-order valence-electron chi connectivity index (χ2n) is 11.4. The second-order valence-corrected chi connectivity index (χ2v) is 11.4. The Balaban J connectivity index is 1.59. The molecule has 1 amide bonds. The van der Waals surface area contributed by atoms with E-state index in [1.54, 1.807) is 43.8 Å². The number of ketones is 1. The van der Waals surface area contributed by atoms with Gasteiger partial charge in [-0.2, -0.15) is 0 Å². The van der Waals surface area contributed by atoms with Crippen LogP contribution in [0.25, 0.3) is 5.76 Å². The molecule has 3 heterocycles. The molecular formula is C32H36N4O4. The Morgan fingerprint density at radius 3 is 2.15 bits per heavy atom. The lowest BCUT2D eigenvalue weighted by atomic mass is 9.84. The molecule has 1 unspecified atom stereocenters. The van der Waals surface area contributed by atoms with Crippen LogP contribution in [0.4, 0.5) is 11.4 Å². The maximum Gasteiger partial charge on any atom is 0.300 e. The number of anilines is 2. The van der Waals surface area contributed by atoms with Gasteiger partial charge in [-0.15, -0.1) is 0 Å².